The van der Waals surface area contributed by atoms with Crippen LogP contribution in [0, 0.1) is 20.8 Å². The Morgan fingerprint density at radius 1 is 1.17 bits per heavy atom. The third kappa shape index (κ3) is 4.80. The third-order valence-electron chi connectivity index (χ3n) is 3.75. The molecule has 1 amide bonds. The molecule has 0 aliphatic carbocycles. The molecule has 24 heavy (non-hydrogen) atoms. The Bertz CT molecular complexity index is 673. The lowest BCUT2D eigenvalue weighted by molar-refractivity contribution is 0.0943. The zero-order chi connectivity index (χ0) is 17.5. The van der Waals surface area contributed by atoms with E-state index in [2.05, 4.69) is 48.5 Å². The molecule has 0 radical (unpaired) electrons. The van der Waals surface area contributed by atoms with Gasteiger partial charge < -0.3 is 15.4 Å². The van der Waals surface area contributed by atoms with Gasteiger partial charge in [0.1, 0.15) is 5.69 Å². The van der Waals surface area contributed by atoms with Crippen molar-refractivity contribution in [3.8, 4) is 0 Å². The number of rotatable bonds is 7. The van der Waals surface area contributed by atoms with Gasteiger partial charge in [0.2, 0.25) is 0 Å². The summed E-state index contributed by atoms with van der Waals surface area (Å²) in [7, 11) is 1.65. The van der Waals surface area contributed by atoms with E-state index in [4.69, 9.17) is 4.74 Å². The molecule has 0 unspecified atom stereocenters. The second-order valence-corrected chi connectivity index (χ2v) is 5.93. The van der Waals surface area contributed by atoms with Crippen molar-refractivity contribution in [2.45, 2.75) is 27.2 Å². The maximum absolute atomic E-state index is 12.0. The Morgan fingerprint density at radius 3 is 2.46 bits per heavy atom. The third-order valence-corrected chi connectivity index (χ3v) is 3.75. The Hall–Kier alpha value is -2.40. The number of pyridine rings is 1. The first-order valence-electron chi connectivity index (χ1n) is 8.09. The average Bonchev–Trinajstić information content (AvgIpc) is 2.55. The number of aryl methyl sites for hydroxylation is 3. The van der Waals surface area contributed by atoms with Crippen LogP contribution >= 0.6 is 0 Å². The fourth-order valence-electron chi connectivity index (χ4n) is 2.63. The molecule has 5 nitrogen and oxygen atoms in total. The highest BCUT2D eigenvalue weighted by Crippen LogP contribution is 2.25. The maximum Gasteiger partial charge on any atom is 0.269 e. The molecule has 128 valence electrons. The molecule has 0 saturated carbocycles. The number of carbonyl (C=O) groups is 1. The van der Waals surface area contributed by atoms with Crippen molar-refractivity contribution >= 4 is 17.3 Å². The zero-order valence-electron chi connectivity index (χ0n) is 14.8. The average molecular weight is 327 g/mol. The minimum absolute atomic E-state index is 0.166. The van der Waals surface area contributed by atoms with Crippen molar-refractivity contribution in [3.63, 3.8) is 0 Å². The van der Waals surface area contributed by atoms with Gasteiger partial charge in [0.15, 0.2) is 0 Å². The standard InChI is InChI=1S/C19H25N3O2/c1-13-10-14(2)18(15(3)11-13)22-16-6-7-17(21-12-16)19(23)20-8-5-9-24-4/h6-7,10-12,22H,5,8-9H2,1-4H3,(H,20,23). The van der Waals surface area contributed by atoms with E-state index in [9.17, 15) is 4.79 Å². The summed E-state index contributed by atoms with van der Waals surface area (Å²) in [5.41, 5.74) is 5.98. The van der Waals surface area contributed by atoms with Crippen LogP contribution in [0.15, 0.2) is 30.5 Å². The monoisotopic (exact) mass is 327 g/mol. The van der Waals surface area contributed by atoms with Crippen molar-refractivity contribution in [1.29, 1.82) is 0 Å². The van der Waals surface area contributed by atoms with Gasteiger partial charge in [0.05, 0.1) is 11.9 Å². The van der Waals surface area contributed by atoms with Crippen molar-refractivity contribution in [1.82, 2.24) is 10.3 Å². The summed E-state index contributed by atoms with van der Waals surface area (Å²) in [6.45, 7) is 7.46. The topological polar surface area (TPSA) is 63.2 Å². The van der Waals surface area contributed by atoms with Crippen molar-refractivity contribution in [2.75, 3.05) is 25.6 Å². The van der Waals surface area contributed by atoms with E-state index in [0.29, 0.717) is 18.8 Å². The number of benzene rings is 1. The van der Waals surface area contributed by atoms with E-state index in [1.54, 1.807) is 19.4 Å². The number of ether oxygens (including phenoxy) is 1. The molecule has 0 aliphatic rings. The van der Waals surface area contributed by atoms with Gasteiger partial charge in [-0.1, -0.05) is 17.7 Å². The predicted molar refractivity (Wildman–Crippen MR) is 97.0 cm³/mol. The second kappa shape index (κ2) is 8.45. The van der Waals surface area contributed by atoms with E-state index in [1.807, 2.05) is 6.07 Å². The van der Waals surface area contributed by atoms with Crippen molar-refractivity contribution in [3.05, 3.63) is 52.8 Å². The smallest absolute Gasteiger partial charge is 0.269 e. The van der Waals surface area contributed by atoms with Crippen LogP contribution < -0.4 is 10.6 Å². The molecule has 5 heteroatoms. The normalized spacial score (nSPS) is 10.5. The van der Waals surface area contributed by atoms with Crippen LogP contribution in [0.5, 0.6) is 0 Å². The van der Waals surface area contributed by atoms with E-state index in [-0.39, 0.29) is 5.91 Å². The van der Waals surface area contributed by atoms with E-state index in [1.165, 1.54) is 16.7 Å². The summed E-state index contributed by atoms with van der Waals surface area (Å²) in [5, 5.41) is 6.21. The minimum atomic E-state index is -0.166. The molecule has 1 aromatic carbocycles. The largest absolute Gasteiger partial charge is 0.385 e. The van der Waals surface area contributed by atoms with Crippen LogP contribution in [0.2, 0.25) is 0 Å². The number of hydrogen-bond donors (Lipinski definition) is 2. The molecule has 0 atom stereocenters. The van der Waals surface area contributed by atoms with Gasteiger partial charge in [-0.15, -0.1) is 0 Å². The Balaban J connectivity index is 2.01. The van der Waals surface area contributed by atoms with Crippen LogP contribution in [0.4, 0.5) is 11.4 Å². The first kappa shape index (κ1) is 17.9. The summed E-state index contributed by atoms with van der Waals surface area (Å²) in [5.74, 6) is -0.166. The number of nitrogens with zero attached hydrogens (tertiary/aromatic N) is 1. The Labute approximate surface area is 143 Å². The second-order valence-electron chi connectivity index (χ2n) is 5.93. The molecule has 0 aliphatic heterocycles. The first-order valence-corrected chi connectivity index (χ1v) is 8.09. The molecule has 2 rings (SSSR count). The molecule has 0 fully saturated rings. The molecule has 1 aromatic heterocycles. The van der Waals surface area contributed by atoms with Gasteiger partial charge in [-0.05, 0) is 50.5 Å². The highest BCUT2D eigenvalue weighted by atomic mass is 16.5. The number of anilines is 2. The van der Waals surface area contributed by atoms with Crippen molar-refractivity contribution in [2.24, 2.45) is 0 Å². The summed E-state index contributed by atoms with van der Waals surface area (Å²) < 4.78 is 4.95. The lowest BCUT2D eigenvalue weighted by atomic mass is 10.0. The van der Waals surface area contributed by atoms with Gasteiger partial charge in [-0.25, -0.2) is 4.98 Å². The van der Waals surface area contributed by atoms with E-state index in [0.717, 1.165) is 17.8 Å². The number of aromatic nitrogens is 1. The van der Waals surface area contributed by atoms with Crippen molar-refractivity contribution < 1.29 is 9.53 Å². The summed E-state index contributed by atoms with van der Waals surface area (Å²) in [4.78, 5) is 16.2. The lowest BCUT2D eigenvalue weighted by Crippen LogP contribution is -2.26. The van der Waals surface area contributed by atoms with E-state index < -0.39 is 0 Å². The fourth-order valence-corrected chi connectivity index (χ4v) is 2.63. The van der Waals surface area contributed by atoms with Crippen LogP contribution in [0.3, 0.4) is 0 Å². The summed E-state index contributed by atoms with van der Waals surface area (Å²) >= 11 is 0. The Morgan fingerprint density at radius 2 is 1.88 bits per heavy atom. The van der Waals surface area contributed by atoms with Crippen LogP contribution in [0.1, 0.15) is 33.6 Å². The van der Waals surface area contributed by atoms with Crippen LogP contribution in [0.25, 0.3) is 0 Å². The quantitative estimate of drug-likeness (QED) is 0.764. The van der Waals surface area contributed by atoms with Gasteiger partial charge in [0.25, 0.3) is 5.91 Å². The highest BCUT2D eigenvalue weighted by Gasteiger charge is 2.08. The molecule has 1 heterocycles. The van der Waals surface area contributed by atoms with Crippen LogP contribution in [-0.2, 0) is 4.74 Å². The summed E-state index contributed by atoms with van der Waals surface area (Å²) in [6, 6.07) is 7.89. The number of amides is 1. The number of hydrogen-bond acceptors (Lipinski definition) is 4. The number of carbonyl (C=O) groups excluding carboxylic acids is 1. The fraction of sp³-hybridized carbons (Fsp3) is 0.368. The van der Waals surface area contributed by atoms with Crippen LogP contribution in [-0.4, -0.2) is 31.2 Å². The van der Waals surface area contributed by atoms with Gasteiger partial charge in [-0.2, -0.15) is 0 Å². The number of nitrogens with one attached hydrogen (secondary N) is 2. The maximum atomic E-state index is 12.0. The van der Waals surface area contributed by atoms with Gasteiger partial charge in [-0.3, -0.25) is 4.79 Å². The molecule has 0 bridgehead atoms. The molecular formula is C19H25N3O2. The number of methoxy groups -OCH3 is 1. The van der Waals surface area contributed by atoms with E-state index >= 15 is 0 Å². The first-order chi connectivity index (χ1) is 11.5. The highest BCUT2D eigenvalue weighted by molar-refractivity contribution is 5.92. The van der Waals surface area contributed by atoms with Gasteiger partial charge >= 0.3 is 0 Å². The minimum Gasteiger partial charge on any atom is -0.385 e. The predicted octanol–water partition coefficient (Wildman–Crippen LogP) is 3.52. The molecule has 2 N–H and O–H groups in total. The lowest BCUT2D eigenvalue weighted by Gasteiger charge is -2.14. The molecule has 0 spiro atoms. The zero-order valence-corrected chi connectivity index (χ0v) is 14.8. The SMILES string of the molecule is COCCCNC(=O)c1ccc(Nc2c(C)cc(C)cc2C)cn1. The molecular weight excluding hydrogens is 302 g/mol. The van der Waals surface area contributed by atoms with Gasteiger partial charge in [0, 0.05) is 25.9 Å². The molecule has 0 saturated heterocycles. The molecule has 2 aromatic rings. The summed E-state index contributed by atoms with van der Waals surface area (Å²) in [6.07, 6.45) is 2.47. The Kier molecular flexibility index (Phi) is 6.32.